The summed E-state index contributed by atoms with van der Waals surface area (Å²) >= 11 is 0. The van der Waals surface area contributed by atoms with E-state index in [1.165, 1.54) is 0 Å². The van der Waals surface area contributed by atoms with Crippen molar-refractivity contribution in [2.24, 2.45) is 5.73 Å². The number of benzene rings is 1. The summed E-state index contributed by atoms with van der Waals surface area (Å²) in [6.45, 7) is 1.63. The van der Waals surface area contributed by atoms with Crippen molar-refractivity contribution in [1.82, 2.24) is 0 Å². The summed E-state index contributed by atoms with van der Waals surface area (Å²) < 4.78 is 15.3. The summed E-state index contributed by atoms with van der Waals surface area (Å²) in [4.78, 5) is 11.9. The Morgan fingerprint density at radius 2 is 1.81 bits per heavy atom. The van der Waals surface area contributed by atoms with Gasteiger partial charge in [0, 0.05) is 26.5 Å². The zero-order valence-corrected chi connectivity index (χ0v) is 12.6. The summed E-state index contributed by atoms with van der Waals surface area (Å²) in [5, 5.41) is 2.78. The lowest BCUT2D eigenvalue weighted by molar-refractivity contribution is -0.117. The van der Waals surface area contributed by atoms with E-state index in [9.17, 15) is 4.79 Å². The second kappa shape index (κ2) is 10.1. The zero-order valence-electron chi connectivity index (χ0n) is 12.6. The van der Waals surface area contributed by atoms with Crippen LogP contribution in [0, 0.1) is 0 Å². The van der Waals surface area contributed by atoms with Crippen molar-refractivity contribution < 1.29 is 19.0 Å². The Hall–Kier alpha value is -1.63. The van der Waals surface area contributed by atoms with E-state index < -0.39 is 6.04 Å². The minimum absolute atomic E-state index is 0.195. The van der Waals surface area contributed by atoms with Gasteiger partial charge >= 0.3 is 0 Å². The van der Waals surface area contributed by atoms with Gasteiger partial charge in [-0.3, -0.25) is 4.79 Å². The second-order valence-corrected chi connectivity index (χ2v) is 4.60. The molecule has 6 nitrogen and oxygen atoms in total. The van der Waals surface area contributed by atoms with Crippen LogP contribution in [0.3, 0.4) is 0 Å². The maximum Gasteiger partial charge on any atom is 0.241 e. The first kappa shape index (κ1) is 17.4. The monoisotopic (exact) mass is 296 g/mol. The van der Waals surface area contributed by atoms with Gasteiger partial charge in [-0.15, -0.1) is 0 Å². The molecule has 0 spiro atoms. The molecule has 0 saturated heterocycles. The number of hydrogen-bond donors (Lipinski definition) is 2. The fourth-order valence-corrected chi connectivity index (χ4v) is 1.69. The van der Waals surface area contributed by atoms with Crippen molar-refractivity contribution in [3.05, 3.63) is 24.3 Å². The Kier molecular flexibility index (Phi) is 8.42. The van der Waals surface area contributed by atoms with E-state index in [4.69, 9.17) is 19.9 Å². The van der Waals surface area contributed by atoms with Crippen LogP contribution in [0.15, 0.2) is 24.3 Å². The molecule has 0 aliphatic rings. The van der Waals surface area contributed by atoms with E-state index >= 15 is 0 Å². The maximum absolute atomic E-state index is 11.9. The standard InChI is InChI=1S/C15H24N2O4/c1-19-9-3-4-14(16)15(18)17-12-5-7-13(8-6-12)21-11-10-20-2/h5-8,14H,3-4,9-11,16H2,1-2H3,(H,17,18). The second-order valence-electron chi connectivity index (χ2n) is 4.60. The number of methoxy groups -OCH3 is 2. The van der Waals surface area contributed by atoms with E-state index in [0.29, 0.717) is 31.9 Å². The quantitative estimate of drug-likeness (QED) is 0.638. The lowest BCUT2D eigenvalue weighted by Gasteiger charge is -2.12. The number of nitrogens with one attached hydrogen (secondary N) is 1. The first-order chi connectivity index (χ1) is 10.2. The third-order valence-electron chi connectivity index (χ3n) is 2.88. The fraction of sp³-hybridized carbons (Fsp3) is 0.533. The molecule has 1 amide bonds. The highest BCUT2D eigenvalue weighted by Crippen LogP contribution is 2.16. The van der Waals surface area contributed by atoms with Crippen LogP contribution in [0.2, 0.25) is 0 Å². The normalized spacial score (nSPS) is 12.0. The van der Waals surface area contributed by atoms with Crippen LogP contribution in [0.25, 0.3) is 0 Å². The predicted octanol–water partition coefficient (Wildman–Crippen LogP) is 1.40. The lowest BCUT2D eigenvalue weighted by atomic mass is 10.1. The SMILES string of the molecule is COCCCC(N)C(=O)Nc1ccc(OCCOC)cc1. The smallest absolute Gasteiger partial charge is 0.241 e. The maximum atomic E-state index is 11.9. The molecule has 3 N–H and O–H groups in total. The average Bonchev–Trinajstić information content (AvgIpc) is 2.49. The molecule has 118 valence electrons. The van der Waals surface area contributed by atoms with Crippen molar-refractivity contribution in [3.8, 4) is 5.75 Å². The van der Waals surface area contributed by atoms with E-state index in [1.54, 1.807) is 38.5 Å². The van der Waals surface area contributed by atoms with Crippen LogP contribution in [0.1, 0.15) is 12.8 Å². The first-order valence-electron chi connectivity index (χ1n) is 6.94. The van der Waals surface area contributed by atoms with Crippen molar-refractivity contribution >= 4 is 11.6 Å². The Morgan fingerprint density at radius 1 is 1.14 bits per heavy atom. The van der Waals surface area contributed by atoms with Gasteiger partial charge < -0.3 is 25.3 Å². The molecule has 1 aromatic rings. The molecule has 0 aromatic heterocycles. The molecule has 1 atom stereocenters. The van der Waals surface area contributed by atoms with Gasteiger partial charge in [-0.2, -0.15) is 0 Å². The Bertz CT molecular complexity index is 409. The highest BCUT2D eigenvalue weighted by Gasteiger charge is 2.13. The van der Waals surface area contributed by atoms with Crippen LogP contribution in [0.4, 0.5) is 5.69 Å². The van der Waals surface area contributed by atoms with Crippen molar-refractivity contribution in [2.75, 3.05) is 39.4 Å². The van der Waals surface area contributed by atoms with Gasteiger partial charge in [-0.1, -0.05) is 0 Å². The van der Waals surface area contributed by atoms with E-state index in [0.717, 1.165) is 12.2 Å². The number of nitrogens with two attached hydrogens (primary N) is 1. The average molecular weight is 296 g/mol. The van der Waals surface area contributed by atoms with Gasteiger partial charge in [0.25, 0.3) is 0 Å². The van der Waals surface area contributed by atoms with Gasteiger partial charge in [-0.25, -0.2) is 0 Å². The molecule has 1 unspecified atom stereocenters. The molecule has 0 heterocycles. The largest absolute Gasteiger partial charge is 0.491 e. The molecule has 0 fully saturated rings. The minimum Gasteiger partial charge on any atom is -0.491 e. The number of carbonyl (C=O) groups excluding carboxylic acids is 1. The van der Waals surface area contributed by atoms with Crippen molar-refractivity contribution in [3.63, 3.8) is 0 Å². The summed E-state index contributed by atoms with van der Waals surface area (Å²) in [6.07, 6.45) is 1.36. The summed E-state index contributed by atoms with van der Waals surface area (Å²) in [5.41, 5.74) is 6.51. The highest BCUT2D eigenvalue weighted by molar-refractivity contribution is 5.94. The van der Waals surface area contributed by atoms with Crippen LogP contribution in [0.5, 0.6) is 5.75 Å². The third-order valence-corrected chi connectivity index (χ3v) is 2.88. The molecule has 0 bridgehead atoms. The van der Waals surface area contributed by atoms with Gasteiger partial charge in [0.1, 0.15) is 12.4 Å². The van der Waals surface area contributed by atoms with Crippen LogP contribution >= 0.6 is 0 Å². The molecule has 1 rings (SSSR count). The Balaban J connectivity index is 2.38. The number of rotatable bonds is 10. The first-order valence-corrected chi connectivity index (χ1v) is 6.94. The van der Waals surface area contributed by atoms with E-state index in [2.05, 4.69) is 5.32 Å². The van der Waals surface area contributed by atoms with Gasteiger partial charge in [0.05, 0.1) is 12.6 Å². The molecular weight excluding hydrogens is 272 g/mol. The molecule has 0 aliphatic carbocycles. The Labute approximate surface area is 125 Å². The lowest BCUT2D eigenvalue weighted by Crippen LogP contribution is -2.35. The highest BCUT2D eigenvalue weighted by atomic mass is 16.5. The number of amides is 1. The molecule has 6 heteroatoms. The molecule has 1 aromatic carbocycles. The zero-order chi connectivity index (χ0) is 15.5. The van der Waals surface area contributed by atoms with Gasteiger partial charge in [-0.05, 0) is 37.1 Å². The number of carbonyl (C=O) groups is 1. The van der Waals surface area contributed by atoms with Crippen LogP contribution < -0.4 is 15.8 Å². The van der Waals surface area contributed by atoms with Gasteiger partial charge in [0.2, 0.25) is 5.91 Å². The predicted molar refractivity (Wildman–Crippen MR) is 81.5 cm³/mol. The van der Waals surface area contributed by atoms with Crippen LogP contribution in [-0.2, 0) is 14.3 Å². The number of hydrogen-bond acceptors (Lipinski definition) is 5. The summed E-state index contributed by atoms with van der Waals surface area (Å²) in [7, 11) is 3.25. The molecule has 21 heavy (non-hydrogen) atoms. The molecule has 0 aliphatic heterocycles. The van der Waals surface area contributed by atoms with Crippen molar-refractivity contribution in [1.29, 1.82) is 0 Å². The van der Waals surface area contributed by atoms with Crippen molar-refractivity contribution in [2.45, 2.75) is 18.9 Å². The van der Waals surface area contributed by atoms with E-state index in [1.807, 2.05) is 0 Å². The number of ether oxygens (including phenoxy) is 3. The minimum atomic E-state index is -0.530. The van der Waals surface area contributed by atoms with Crippen LogP contribution in [-0.4, -0.2) is 46.0 Å². The fourth-order valence-electron chi connectivity index (χ4n) is 1.69. The molecule has 0 saturated carbocycles. The Morgan fingerprint density at radius 3 is 2.43 bits per heavy atom. The third kappa shape index (κ3) is 7.08. The molecule has 0 radical (unpaired) electrons. The summed E-state index contributed by atoms with van der Waals surface area (Å²) in [5.74, 6) is 0.536. The topological polar surface area (TPSA) is 82.8 Å². The van der Waals surface area contributed by atoms with E-state index in [-0.39, 0.29) is 5.91 Å². The van der Waals surface area contributed by atoms with Gasteiger partial charge in [0.15, 0.2) is 0 Å². The molecular formula is C15H24N2O4. The summed E-state index contributed by atoms with van der Waals surface area (Å²) in [6, 6.07) is 6.62. The number of anilines is 1.